The summed E-state index contributed by atoms with van der Waals surface area (Å²) in [6, 6.07) is 10.3. The van der Waals surface area contributed by atoms with Crippen molar-refractivity contribution in [3.05, 3.63) is 60.0 Å². The van der Waals surface area contributed by atoms with E-state index in [2.05, 4.69) is 32.2 Å². The third-order valence-corrected chi connectivity index (χ3v) is 4.14. The number of aromatic nitrogens is 4. The van der Waals surface area contributed by atoms with E-state index in [4.69, 9.17) is 4.52 Å². The van der Waals surface area contributed by atoms with Crippen molar-refractivity contribution in [2.75, 3.05) is 11.9 Å². The number of hydrogen-bond acceptors (Lipinski definition) is 7. The Hall–Kier alpha value is -2.41. The summed E-state index contributed by atoms with van der Waals surface area (Å²) in [5.41, 5.74) is 1.26. The molecule has 0 bridgehead atoms. The minimum Gasteiger partial charge on any atom is -0.351 e. The van der Waals surface area contributed by atoms with Gasteiger partial charge in [0.15, 0.2) is 5.82 Å². The maximum absolute atomic E-state index is 4.98. The summed E-state index contributed by atoms with van der Waals surface area (Å²) in [5, 5.41) is 4.79. The monoisotopic (exact) mass is 327 g/mol. The van der Waals surface area contributed by atoms with E-state index in [9.17, 15) is 0 Å². The van der Waals surface area contributed by atoms with Crippen molar-refractivity contribution in [1.29, 1.82) is 0 Å². The highest BCUT2D eigenvalue weighted by atomic mass is 32.2. The zero-order chi connectivity index (χ0) is 16.1. The van der Waals surface area contributed by atoms with Crippen LogP contribution < -0.4 is 4.90 Å². The number of hydrogen-bond donors (Lipinski definition) is 0. The molecule has 0 fully saturated rings. The van der Waals surface area contributed by atoms with E-state index >= 15 is 0 Å². The summed E-state index contributed by atoms with van der Waals surface area (Å²) in [4.78, 5) is 15.1. The lowest BCUT2D eigenvalue weighted by atomic mass is 10.2. The van der Waals surface area contributed by atoms with Crippen LogP contribution in [0.3, 0.4) is 0 Å². The number of nitrogens with zero attached hydrogens (tertiary/aromatic N) is 5. The van der Waals surface area contributed by atoms with Gasteiger partial charge in [-0.1, -0.05) is 35.5 Å². The fourth-order valence-electron chi connectivity index (χ4n) is 2.02. The lowest BCUT2D eigenvalue weighted by Crippen LogP contribution is -2.19. The van der Waals surface area contributed by atoms with Crippen molar-refractivity contribution in [3.8, 4) is 0 Å². The molecule has 0 unspecified atom stereocenters. The van der Waals surface area contributed by atoms with Crippen molar-refractivity contribution in [3.63, 3.8) is 0 Å². The van der Waals surface area contributed by atoms with Crippen LogP contribution in [0.1, 0.15) is 17.3 Å². The Balaban J connectivity index is 1.64. The molecule has 0 aliphatic carbocycles. The number of benzene rings is 1. The Morgan fingerprint density at radius 3 is 2.70 bits per heavy atom. The Labute approximate surface area is 139 Å². The van der Waals surface area contributed by atoms with E-state index in [1.165, 1.54) is 5.56 Å². The van der Waals surface area contributed by atoms with Crippen molar-refractivity contribution in [1.82, 2.24) is 20.1 Å². The van der Waals surface area contributed by atoms with Gasteiger partial charge in [0, 0.05) is 19.7 Å². The summed E-state index contributed by atoms with van der Waals surface area (Å²) in [7, 11) is 1.93. The van der Waals surface area contributed by atoms with Crippen LogP contribution in [0.2, 0.25) is 0 Å². The summed E-state index contributed by atoms with van der Waals surface area (Å²) in [6.07, 6.45) is 3.52. The van der Waals surface area contributed by atoms with Gasteiger partial charge in [-0.25, -0.2) is 4.98 Å². The maximum atomic E-state index is 4.98. The number of rotatable bonds is 6. The lowest BCUT2D eigenvalue weighted by molar-refractivity contribution is 0.387. The summed E-state index contributed by atoms with van der Waals surface area (Å²) < 4.78 is 4.98. The van der Waals surface area contributed by atoms with Gasteiger partial charge in [0.1, 0.15) is 10.8 Å². The van der Waals surface area contributed by atoms with Gasteiger partial charge in [0.05, 0.1) is 18.9 Å². The van der Waals surface area contributed by atoms with E-state index in [1.807, 2.05) is 30.1 Å². The largest absolute Gasteiger partial charge is 0.351 e. The second-order valence-electron chi connectivity index (χ2n) is 5.08. The number of anilines is 1. The SMILES string of the molecule is Cc1nc(CN(C)c2cncc(SCc3ccccc3)n2)no1. The molecule has 3 aromatic rings. The van der Waals surface area contributed by atoms with Gasteiger partial charge in [-0.2, -0.15) is 4.98 Å². The average Bonchev–Trinajstić information content (AvgIpc) is 2.99. The molecule has 6 nitrogen and oxygen atoms in total. The zero-order valence-corrected chi connectivity index (χ0v) is 13.8. The molecule has 0 radical (unpaired) electrons. The predicted molar refractivity (Wildman–Crippen MR) is 89.2 cm³/mol. The first-order valence-corrected chi connectivity index (χ1v) is 8.18. The Morgan fingerprint density at radius 2 is 1.96 bits per heavy atom. The van der Waals surface area contributed by atoms with Crippen LogP contribution in [-0.2, 0) is 12.3 Å². The molecule has 0 aliphatic rings. The molecule has 3 rings (SSSR count). The molecule has 0 amide bonds. The van der Waals surface area contributed by atoms with Crippen LogP contribution in [0, 0.1) is 6.92 Å². The highest BCUT2D eigenvalue weighted by Crippen LogP contribution is 2.22. The molecule has 118 valence electrons. The molecule has 0 atom stereocenters. The van der Waals surface area contributed by atoms with Crippen LogP contribution >= 0.6 is 11.8 Å². The molecule has 0 saturated carbocycles. The molecule has 7 heteroatoms. The van der Waals surface area contributed by atoms with Crippen LogP contribution in [0.25, 0.3) is 0 Å². The highest BCUT2D eigenvalue weighted by molar-refractivity contribution is 7.98. The fourth-order valence-corrected chi connectivity index (χ4v) is 2.82. The standard InChI is InChI=1S/C16H17N5OS/c1-12-18-14(20-22-12)10-21(2)15-8-17-9-16(19-15)23-11-13-6-4-3-5-7-13/h3-9H,10-11H2,1-2H3. The van der Waals surface area contributed by atoms with E-state index in [-0.39, 0.29) is 0 Å². The quantitative estimate of drug-likeness (QED) is 0.644. The van der Waals surface area contributed by atoms with Gasteiger partial charge in [0.25, 0.3) is 0 Å². The van der Waals surface area contributed by atoms with Gasteiger partial charge in [-0.05, 0) is 5.56 Å². The minimum absolute atomic E-state index is 0.527. The minimum atomic E-state index is 0.527. The van der Waals surface area contributed by atoms with Crippen molar-refractivity contribution < 1.29 is 4.52 Å². The lowest BCUT2D eigenvalue weighted by Gasteiger charge is -2.16. The Kier molecular flexibility index (Phi) is 4.87. The molecular weight excluding hydrogens is 310 g/mol. The maximum Gasteiger partial charge on any atom is 0.223 e. The smallest absolute Gasteiger partial charge is 0.223 e. The van der Waals surface area contributed by atoms with E-state index in [1.54, 1.807) is 31.1 Å². The molecule has 0 N–H and O–H groups in total. The predicted octanol–water partition coefficient (Wildman–Crippen LogP) is 3.10. The van der Waals surface area contributed by atoms with Gasteiger partial charge in [-0.15, -0.1) is 11.8 Å². The zero-order valence-electron chi connectivity index (χ0n) is 13.0. The first-order chi connectivity index (χ1) is 11.2. The molecule has 0 saturated heterocycles. The van der Waals surface area contributed by atoms with Crippen molar-refractivity contribution in [2.24, 2.45) is 0 Å². The summed E-state index contributed by atoms with van der Waals surface area (Å²) in [5.74, 6) is 2.85. The molecule has 0 aliphatic heterocycles. The topological polar surface area (TPSA) is 67.9 Å². The van der Waals surface area contributed by atoms with Crippen LogP contribution in [0.5, 0.6) is 0 Å². The second kappa shape index (κ2) is 7.23. The fraction of sp³-hybridized carbons (Fsp3) is 0.250. The number of thioether (sulfide) groups is 1. The summed E-state index contributed by atoms with van der Waals surface area (Å²) in [6.45, 7) is 2.30. The molecule has 2 heterocycles. The van der Waals surface area contributed by atoms with Crippen molar-refractivity contribution in [2.45, 2.75) is 24.2 Å². The molecule has 1 aromatic carbocycles. The number of aryl methyl sites for hydroxylation is 1. The van der Waals surface area contributed by atoms with Gasteiger partial charge in [-0.3, -0.25) is 4.98 Å². The molecule has 2 aromatic heterocycles. The molecule has 0 spiro atoms. The average molecular weight is 327 g/mol. The van der Waals surface area contributed by atoms with Gasteiger partial charge < -0.3 is 9.42 Å². The molecular formula is C16H17N5OS. The van der Waals surface area contributed by atoms with Gasteiger partial charge in [0.2, 0.25) is 5.89 Å². The van der Waals surface area contributed by atoms with Crippen LogP contribution in [0.4, 0.5) is 5.82 Å². The first kappa shape index (κ1) is 15.5. The van der Waals surface area contributed by atoms with E-state index in [0.717, 1.165) is 16.6 Å². The normalized spacial score (nSPS) is 10.7. The molecule has 23 heavy (non-hydrogen) atoms. The van der Waals surface area contributed by atoms with E-state index in [0.29, 0.717) is 18.3 Å². The Morgan fingerprint density at radius 1 is 1.13 bits per heavy atom. The van der Waals surface area contributed by atoms with Crippen molar-refractivity contribution >= 4 is 17.6 Å². The van der Waals surface area contributed by atoms with Crippen LogP contribution in [-0.4, -0.2) is 27.2 Å². The second-order valence-corrected chi connectivity index (χ2v) is 6.07. The first-order valence-electron chi connectivity index (χ1n) is 7.20. The van der Waals surface area contributed by atoms with E-state index < -0.39 is 0 Å². The third-order valence-electron chi connectivity index (χ3n) is 3.17. The van der Waals surface area contributed by atoms with Crippen LogP contribution in [0.15, 0.2) is 52.3 Å². The third kappa shape index (κ3) is 4.29. The highest BCUT2D eigenvalue weighted by Gasteiger charge is 2.10. The Bertz CT molecular complexity index is 762. The summed E-state index contributed by atoms with van der Waals surface area (Å²) >= 11 is 1.67. The van der Waals surface area contributed by atoms with Gasteiger partial charge >= 0.3 is 0 Å².